The van der Waals surface area contributed by atoms with Crippen molar-refractivity contribution >= 4 is 35.8 Å². The predicted molar refractivity (Wildman–Crippen MR) is 132 cm³/mol. The monoisotopic (exact) mass is 529 g/mol. The third-order valence-electron chi connectivity index (χ3n) is 5.64. The molecule has 1 aliphatic carbocycles. The average Bonchev–Trinajstić information content (AvgIpc) is 2.71. The van der Waals surface area contributed by atoms with E-state index in [9.17, 15) is 4.79 Å². The molecule has 1 aromatic rings. The van der Waals surface area contributed by atoms with Crippen LogP contribution in [-0.4, -0.2) is 62.1 Å². The van der Waals surface area contributed by atoms with Crippen LogP contribution in [-0.2, 0) is 11.3 Å². The largest absolute Gasteiger partial charge is 0.490 e. The number of amides is 1. The van der Waals surface area contributed by atoms with Crippen LogP contribution >= 0.6 is 24.0 Å². The maximum absolute atomic E-state index is 11.6. The molecule has 7 nitrogen and oxygen atoms in total. The molecule has 0 radical (unpaired) electrons. The van der Waals surface area contributed by atoms with E-state index < -0.39 is 0 Å². The van der Waals surface area contributed by atoms with Crippen LogP contribution in [0.25, 0.3) is 0 Å². The molecule has 2 aliphatic rings. The number of halogens is 1. The number of benzene rings is 1. The van der Waals surface area contributed by atoms with Gasteiger partial charge < -0.3 is 20.7 Å². The van der Waals surface area contributed by atoms with Crippen molar-refractivity contribution in [3.05, 3.63) is 29.8 Å². The van der Waals surface area contributed by atoms with Crippen molar-refractivity contribution in [1.29, 1.82) is 0 Å². The highest BCUT2D eigenvalue weighted by Crippen LogP contribution is 2.27. The van der Waals surface area contributed by atoms with Gasteiger partial charge in [0.1, 0.15) is 5.75 Å². The quantitative estimate of drug-likeness (QED) is 0.274. The third kappa shape index (κ3) is 7.61. The molecule has 3 N–H and O–H groups in total. The second-order valence-corrected chi connectivity index (χ2v) is 7.84. The summed E-state index contributed by atoms with van der Waals surface area (Å²) in [5, 5.41) is 9.62. The van der Waals surface area contributed by atoms with E-state index in [1.54, 1.807) is 7.05 Å². The Morgan fingerprint density at radius 1 is 1.20 bits per heavy atom. The number of hydrogen-bond donors (Lipinski definition) is 3. The Hall–Kier alpha value is -1.55. The molecule has 3 rings (SSSR count). The number of hydrogen-bond acceptors (Lipinski definition) is 4. The van der Waals surface area contributed by atoms with Crippen LogP contribution in [0.1, 0.15) is 44.6 Å². The Morgan fingerprint density at radius 3 is 2.57 bits per heavy atom. The van der Waals surface area contributed by atoms with Gasteiger partial charge in [0.25, 0.3) is 0 Å². The molecule has 0 aromatic heterocycles. The van der Waals surface area contributed by atoms with Crippen LogP contribution in [0.4, 0.5) is 0 Å². The normalized spacial score (nSPS) is 18.1. The SMILES string of the molecule is CCNC(=NCc1ccccc1OC1CCC1)NC1CCN(CC(=O)NC)CC1.I. The minimum atomic E-state index is 0. The molecule has 1 aromatic carbocycles. The van der Waals surface area contributed by atoms with Gasteiger partial charge in [-0.1, -0.05) is 18.2 Å². The Kier molecular flexibility index (Phi) is 10.7. The summed E-state index contributed by atoms with van der Waals surface area (Å²) in [7, 11) is 1.69. The van der Waals surface area contributed by atoms with Gasteiger partial charge in [-0.3, -0.25) is 9.69 Å². The first kappa shape index (κ1) is 24.7. The number of ether oxygens (including phenoxy) is 1. The summed E-state index contributed by atoms with van der Waals surface area (Å²) in [6.07, 6.45) is 5.94. The van der Waals surface area contributed by atoms with E-state index >= 15 is 0 Å². The average molecular weight is 529 g/mol. The number of carbonyl (C=O) groups is 1. The molecular formula is C22H36IN5O2. The van der Waals surface area contributed by atoms with Crippen LogP contribution in [0.5, 0.6) is 5.75 Å². The Labute approximate surface area is 197 Å². The van der Waals surface area contributed by atoms with Gasteiger partial charge in [0.2, 0.25) is 5.91 Å². The topological polar surface area (TPSA) is 78.0 Å². The van der Waals surface area contributed by atoms with Crippen molar-refractivity contribution in [2.45, 2.75) is 57.7 Å². The zero-order valence-electron chi connectivity index (χ0n) is 18.2. The number of para-hydroxylation sites is 1. The number of likely N-dealkylation sites (tertiary alicyclic amines) is 1. The van der Waals surface area contributed by atoms with E-state index in [1.807, 2.05) is 18.2 Å². The summed E-state index contributed by atoms with van der Waals surface area (Å²) >= 11 is 0. The molecule has 1 amide bonds. The van der Waals surface area contributed by atoms with Gasteiger partial charge in [-0.15, -0.1) is 24.0 Å². The van der Waals surface area contributed by atoms with Crippen molar-refractivity contribution in [2.24, 2.45) is 4.99 Å². The first-order valence-corrected chi connectivity index (χ1v) is 10.9. The number of aliphatic imine (C=N–C) groups is 1. The smallest absolute Gasteiger partial charge is 0.233 e. The minimum Gasteiger partial charge on any atom is -0.490 e. The molecule has 30 heavy (non-hydrogen) atoms. The standard InChI is InChI=1S/C22H35N5O2.HI/c1-3-24-22(26-18-11-13-27(14-12-18)16-21(28)23-2)25-15-17-7-4-5-10-20(17)29-19-8-6-9-19;/h4-5,7,10,18-19H,3,6,8-9,11-16H2,1-2H3,(H,23,28)(H2,24,25,26);1H. The lowest BCUT2D eigenvalue weighted by Gasteiger charge is -2.32. The van der Waals surface area contributed by atoms with E-state index in [4.69, 9.17) is 9.73 Å². The number of guanidine groups is 1. The summed E-state index contributed by atoms with van der Waals surface area (Å²) in [5.41, 5.74) is 1.12. The molecule has 0 atom stereocenters. The van der Waals surface area contributed by atoms with Crippen LogP contribution in [0.3, 0.4) is 0 Å². The summed E-state index contributed by atoms with van der Waals surface area (Å²) < 4.78 is 6.13. The lowest BCUT2D eigenvalue weighted by molar-refractivity contribution is -0.122. The molecule has 0 spiro atoms. The van der Waals surface area contributed by atoms with Crippen LogP contribution < -0.4 is 20.7 Å². The summed E-state index contributed by atoms with van der Waals surface area (Å²) in [6, 6.07) is 8.58. The summed E-state index contributed by atoms with van der Waals surface area (Å²) in [4.78, 5) is 18.6. The van der Waals surface area contributed by atoms with E-state index in [-0.39, 0.29) is 29.9 Å². The van der Waals surface area contributed by atoms with Gasteiger partial charge in [-0.2, -0.15) is 0 Å². The fourth-order valence-corrected chi connectivity index (χ4v) is 3.61. The number of likely N-dealkylation sites (N-methyl/N-ethyl adjacent to an activating group) is 1. The van der Waals surface area contributed by atoms with E-state index in [0.717, 1.165) is 62.6 Å². The molecule has 168 valence electrons. The molecule has 0 unspecified atom stereocenters. The molecule has 0 bridgehead atoms. The molecule has 1 heterocycles. The highest BCUT2D eigenvalue weighted by Gasteiger charge is 2.22. The summed E-state index contributed by atoms with van der Waals surface area (Å²) in [5.74, 6) is 1.88. The molecule has 1 aliphatic heterocycles. The van der Waals surface area contributed by atoms with Gasteiger partial charge in [0, 0.05) is 38.3 Å². The Balaban J connectivity index is 0.00000320. The van der Waals surface area contributed by atoms with Crippen LogP contribution in [0.15, 0.2) is 29.3 Å². The van der Waals surface area contributed by atoms with Gasteiger partial charge in [-0.25, -0.2) is 4.99 Å². The van der Waals surface area contributed by atoms with Crippen LogP contribution in [0, 0.1) is 0 Å². The number of nitrogens with zero attached hydrogens (tertiary/aromatic N) is 2. The first-order valence-electron chi connectivity index (χ1n) is 10.9. The third-order valence-corrected chi connectivity index (χ3v) is 5.64. The number of rotatable bonds is 8. The maximum atomic E-state index is 11.6. The predicted octanol–water partition coefficient (Wildman–Crippen LogP) is 2.50. The zero-order chi connectivity index (χ0) is 20.5. The van der Waals surface area contributed by atoms with Gasteiger partial charge in [0.05, 0.1) is 19.2 Å². The molecule has 8 heteroatoms. The number of carbonyl (C=O) groups excluding carboxylic acids is 1. The minimum absolute atomic E-state index is 0. The highest BCUT2D eigenvalue weighted by atomic mass is 127. The summed E-state index contributed by atoms with van der Waals surface area (Å²) in [6.45, 7) is 5.81. The van der Waals surface area contributed by atoms with Gasteiger partial charge in [0.15, 0.2) is 5.96 Å². The van der Waals surface area contributed by atoms with Gasteiger partial charge >= 0.3 is 0 Å². The van der Waals surface area contributed by atoms with Crippen molar-refractivity contribution in [2.75, 3.05) is 33.2 Å². The van der Waals surface area contributed by atoms with Crippen molar-refractivity contribution < 1.29 is 9.53 Å². The zero-order valence-corrected chi connectivity index (χ0v) is 20.5. The second kappa shape index (κ2) is 13.0. The van der Waals surface area contributed by atoms with E-state index in [2.05, 4.69) is 33.8 Å². The Morgan fingerprint density at radius 2 is 1.93 bits per heavy atom. The van der Waals surface area contributed by atoms with Crippen LogP contribution in [0.2, 0.25) is 0 Å². The second-order valence-electron chi connectivity index (χ2n) is 7.84. The van der Waals surface area contributed by atoms with Crippen molar-refractivity contribution in [3.63, 3.8) is 0 Å². The molecule has 1 saturated heterocycles. The van der Waals surface area contributed by atoms with E-state index in [1.165, 1.54) is 6.42 Å². The number of piperidine rings is 1. The number of nitrogens with one attached hydrogen (secondary N) is 3. The first-order chi connectivity index (χ1) is 14.2. The van der Waals surface area contributed by atoms with Gasteiger partial charge in [-0.05, 0) is 45.1 Å². The lowest BCUT2D eigenvalue weighted by Crippen LogP contribution is -2.50. The molecule has 2 fully saturated rings. The highest BCUT2D eigenvalue weighted by molar-refractivity contribution is 14.0. The van der Waals surface area contributed by atoms with Crippen molar-refractivity contribution in [1.82, 2.24) is 20.9 Å². The lowest BCUT2D eigenvalue weighted by atomic mass is 9.96. The molecule has 1 saturated carbocycles. The van der Waals surface area contributed by atoms with Crippen molar-refractivity contribution in [3.8, 4) is 5.75 Å². The Bertz CT molecular complexity index is 688. The van der Waals surface area contributed by atoms with E-state index in [0.29, 0.717) is 25.2 Å². The fraction of sp³-hybridized carbons (Fsp3) is 0.636. The maximum Gasteiger partial charge on any atom is 0.233 e. The fourth-order valence-electron chi connectivity index (χ4n) is 3.61. The molecular weight excluding hydrogens is 493 g/mol.